The van der Waals surface area contributed by atoms with Crippen LogP contribution in [0.25, 0.3) is 10.9 Å². The zero-order chi connectivity index (χ0) is 16.7. The van der Waals surface area contributed by atoms with E-state index < -0.39 is 6.29 Å². The molecule has 0 aliphatic carbocycles. The first kappa shape index (κ1) is 17.5. The zero-order valence-electron chi connectivity index (χ0n) is 13.2. The summed E-state index contributed by atoms with van der Waals surface area (Å²) in [6.07, 6.45) is -0.521. The fourth-order valence-corrected chi connectivity index (χ4v) is 2.86. The van der Waals surface area contributed by atoms with Gasteiger partial charge in [-0.05, 0) is 26.0 Å². The first-order valence-electron chi connectivity index (χ1n) is 7.43. The lowest BCUT2D eigenvalue weighted by Gasteiger charge is -2.20. The fraction of sp³-hybridized carbons (Fsp3) is 0.438. The number of aromatic nitrogens is 2. The SMILES string of the molecule is CCOC(Cn1c(SCC#N)nc2ccccc2c1=O)OCC. The van der Waals surface area contributed by atoms with E-state index in [1.807, 2.05) is 19.9 Å². The number of hydrogen-bond donors (Lipinski definition) is 0. The molecule has 6 nitrogen and oxygen atoms in total. The predicted molar refractivity (Wildman–Crippen MR) is 89.4 cm³/mol. The maximum Gasteiger partial charge on any atom is 0.262 e. The first-order chi connectivity index (χ1) is 11.2. The van der Waals surface area contributed by atoms with Gasteiger partial charge in [0.15, 0.2) is 11.4 Å². The minimum Gasteiger partial charge on any atom is -0.351 e. The number of thioether (sulfide) groups is 1. The summed E-state index contributed by atoms with van der Waals surface area (Å²) in [5.74, 6) is 0.221. The molecule has 0 spiro atoms. The van der Waals surface area contributed by atoms with E-state index in [0.717, 1.165) is 0 Å². The van der Waals surface area contributed by atoms with E-state index in [-0.39, 0.29) is 17.9 Å². The van der Waals surface area contributed by atoms with E-state index in [0.29, 0.717) is 29.3 Å². The molecule has 0 saturated carbocycles. The summed E-state index contributed by atoms with van der Waals surface area (Å²) in [7, 11) is 0. The maximum absolute atomic E-state index is 12.8. The van der Waals surface area contributed by atoms with Crippen molar-refractivity contribution in [1.82, 2.24) is 9.55 Å². The molecule has 0 saturated heterocycles. The van der Waals surface area contributed by atoms with Crippen molar-refractivity contribution in [3.8, 4) is 6.07 Å². The van der Waals surface area contributed by atoms with Crippen molar-refractivity contribution in [2.45, 2.75) is 31.8 Å². The Labute approximate surface area is 139 Å². The van der Waals surface area contributed by atoms with Crippen molar-refractivity contribution >= 4 is 22.7 Å². The van der Waals surface area contributed by atoms with Crippen LogP contribution in [0.4, 0.5) is 0 Å². The third-order valence-corrected chi connectivity index (χ3v) is 3.97. The van der Waals surface area contributed by atoms with Crippen LogP contribution in [-0.4, -0.2) is 34.8 Å². The summed E-state index contributed by atoms with van der Waals surface area (Å²) in [6.45, 7) is 4.96. The van der Waals surface area contributed by atoms with E-state index in [4.69, 9.17) is 14.7 Å². The van der Waals surface area contributed by atoms with E-state index >= 15 is 0 Å². The number of para-hydroxylation sites is 1. The summed E-state index contributed by atoms with van der Waals surface area (Å²) in [4.78, 5) is 17.3. The van der Waals surface area contributed by atoms with E-state index in [2.05, 4.69) is 11.1 Å². The quantitative estimate of drug-likeness (QED) is 0.419. The molecule has 23 heavy (non-hydrogen) atoms. The predicted octanol–water partition coefficient (Wildman–Crippen LogP) is 2.41. The van der Waals surface area contributed by atoms with Gasteiger partial charge in [0.05, 0.1) is 29.3 Å². The summed E-state index contributed by atoms with van der Waals surface area (Å²) in [5.41, 5.74) is 0.471. The fourth-order valence-electron chi connectivity index (χ4n) is 2.19. The second-order valence-corrected chi connectivity index (χ2v) is 5.56. The van der Waals surface area contributed by atoms with Gasteiger partial charge >= 0.3 is 0 Å². The Kier molecular flexibility index (Phi) is 6.59. The Bertz CT molecular complexity index is 748. The van der Waals surface area contributed by atoms with Gasteiger partial charge in [0.2, 0.25) is 0 Å². The van der Waals surface area contributed by atoms with Crippen molar-refractivity contribution in [3.05, 3.63) is 34.6 Å². The Morgan fingerprint density at radius 2 is 2.00 bits per heavy atom. The second-order valence-electron chi connectivity index (χ2n) is 4.61. The summed E-state index contributed by atoms with van der Waals surface area (Å²) < 4.78 is 12.6. The molecule has 0 radical (unpaired) electrons. The molecular weight excluding hydrogens is 314 g/mol. The highest BCUT2D eigenvalue weighted by molar-refractivity contribution is 7.99. The Morgan fingerprint density at radius 1 is 1.30 bits per heavy atom. The number of benzene rings is 1. The summed E-state index contributed by atoms with van der Waals surface area (Å²) in [5, 5.41) is 9.86. The molecule has 7 heteroatoms. The van der Waals surface area contributed by atoms with E-state index in [1.54, 1.807) is 18.2 Å². The van der Waals surface area contributed by atoms with Crippen LogP contribution in [0.5, 0.6) is 0 Å². The molecule has 0 atom stereocenters. The summed E-state index contributed by atoms with van der Waals surface area (Å²) >= 11 is 1.23. The number of nitriles is 1. The Hall–Kier alpha value is -1.88. The molecule has 1 aromatic heterocycles. The number of hydrogen-bond acceptors (Lipinski definition) is 6. The molecule has 1 aromatic carbocycles. The van der Waals surface area contributed by atoms with Gasteiger partial charge in [-0.15, -0.1) is 0 Å². The van der Waals surface area contributed by atoms with Crippen LogP contribution in [0.15, 0.2) is 34.2 Å². The Morgan fingerprint density at radius 3 is 2.65 bits per heavy atom. The van der Waals surface area contributed by atoms with Gasteiger partial charge in [-0.2, -0.15) is 5.26 Å². The minimum atomic E-state index is -0.521. The molecule has 0 bridgehead atoms. The van der Waals surface area contributed by atoms with Crippen LogP contribution < -0.4 is 5.56 Å². The van der Waals surface area contributed by atoms with Gasteiger partial charge < -0.3 is 9.47 Å². The van der Waals surface area contributed by atoms with Crippen molar-refractivity contribution in [2.75, 3.05) is 19.0 Å². The van der Waals surface area contributed by atoms with Crippen LogP contribution in [-0.2, 0) is 16.0 Å². The molecule has 0 amide bonds. The highest BCUT2D eigenvalue weighted by Gasteiger charge is 2.16. The smallest absolute Gasteiger partial charge is 0.262 e. The van der Waals surface area contributed by atoms with Gasteiger partial charge in [-0.1, -0.05) is 23.9 Å². The van der Waals surface area contributed by atoms with Crippen LogP contribution in [0.1, 0.15) is 13.8 Å². The minimum absolute atomic E-state index is 0.152. The third-order valence-electron chi connectivity index (χ3n) is 3.13. The number of ether oxygens (including phenoxy) is 2. The molecular formula is C16H19N3O3S. The van der Waals surface area contributed by atoms with Gasteiger partial charge in [-0.3, -0.25) is 9.36 Å². The lowest BCUT2D eigenvalue weighted by Crippen LogP contribution is -2.32. The standard InChI is InChI=1S/C16H19N3O3S/c1-3-21-14(22-4-2)11-19-15(20)12-7-5-6-8-13(12)18-16(19)23-10-9-17/h5-8,14H,3-4,10-11H2,1-2H3. The number of rotatable bonds is 8. The maximum atomic E-state index is 12.8. The van der Waals surface area contributed by atoms with Crippen LogP contribution in [0, 0.1) is 11.3 Å². The lowest BCUT2D eigenvalue weighted by atomic mass is 10.2. The average Bonchev–Trinajstić information content (AvgIpc) is 2.56. The molecule has 122 valence electrons. The third kappa shape index (κ3) is 4.32. The Balaban J connectivity index is 2.47. The van der Waals surface area contributed by atoms with Gasteiger partial charge in [0.25, 0.3) is 5.56 Å². The van der Waals surface area contributed by atoms with Crippen molar-refractivity contribution in [2.24, 2.45) is 0 Å². The van der Waals surface area contributed by atoms with E-state index in [9.17, 15) is 4.79 Å². The monoisotopic (exact) mass is 333 g/mol. The van der Waals surface area contributed by atoms with Crippen LogP contribution in [0.3, 0.4) is 0 Å². The first-order valence-corrected chi connectivity index (χ1v) is 8.42. The van der Waals surface area contributed by atoms with Crippen molar-refractivity contribution < 1.29 is 9.47 Å². The number of fused-ring (bicyclic) bond motifs is 1. The molecule has 0 unspecified atom stereocenters. The topological polar surface area (TPSA) is 77.1 Å². The summed E-state index contributed by atoms with van der Waals surface area (Å²) in [6, 6.07) is 9.24. The highest BCUT2D eigenvalue weighted by Crippen LogP contribution is 2.18. The molecule has 2 rings (SSSR count). The highest BCUT2D eigenvalue weighted by atomic mass is 32.2. The lowest BCUT2D eigenvalue weighted by molar-refractivity contribution is -0.144. The van der Waals surface area contributed by atoms with Crippen LogP contribution >= 0.6 is 11.8 Å². The van der Waals surface area contributed by atoms with Crippen molar-refractivity contribution in [1.29, 1.82) is 5.26 Å². The van der Waals surface area contributed by atoms with E-state index in [1.165, 1.54) is 16.3 Å². The molecule has 2 aromatic rings. The van der Waals surface area contributed by atoms with Crippen molar-refractivity contribution in [3.63, 3.8) is 0 Å². The zero-order valence-corrected chi connectivity index (χ0v) is 14.0. The molecule has 0 aliphatic heterocycles. The van der Waals surface area contributed by atoms with Crippen LogP contribution in [0.2, 0.25) is 0 Å². The van der Waals surface area contributed by atoms with Gasteiger partial charge in [0, 0.05) is 13.2 Å². The molecule has 1 heterocycles. The van der Waals surface area contributed by atoms with Gasteiger partial charge in [0.1, 0.15) is 0 Å². The van der Waals surface area contributed by atoms with Gasteiger partial charge in [-0.25, -0.2) is 4.98 Å². The largest absolute Gasteiger partial charge is 0.351 e. The average molecular weight is 333 g/mol. The molecule has 0 aliphatic rings. The number of nitrogens with zero attached hydrogens (tertiary/aromatic N) is 3. The molecule has 0 N–H and O–H groups in total. The molecule has 0 fully saturated rings. The second kappa shape index (κ2) is 8.67. The normalized spacial score (nSPS) is 11.0.